The van der Waals surface area contributed by atoms with Gasteiger partial charge in [-0.25, -0.2) is 0 Å². The van der Waals surface area contributed by atoms with Crippen LogP contribution in [-0.2, 0) is 14.3 Å². The first-order chi connectivity index (χ1) is 9.53. The predicted molar refractivity (Wildman–Crippen MR) is 74.4 cm³/mol. The molecule has 0 heterocycles. The molecule has 0 aromatic heterocycles. The lowest BCUT2D eigenvalue weighted by molar-refractivity contribution is -0.165. The summed E-state index contributed by atoms with van der Waals surface area (Å²) >= 11 is 0. The minimum absolute atomic E-state index is 0.127. The number of ether oxygens (including phenoxy) is 1. The lowest BCUT2D eigenvalue weighted by Gasteiger charge is -2.30. The molecule has 112 valence electrons. The highest BCUT2D eigenvalue weighted by Gasteiger charge is 2.39. The molecule has 0 saturated heterocycles. The zero-order chi connectivity index (χ0) is 15.0. The van der Waals surface area contributed by atoms with Gasteiger partial charge in [-0.15, -0.1) is 0 Å². The van der Waals surface area contributed by atoms with Crippen LogP contribution in [0.3, 0.4) is 0 Å². The Morgan fingerprint density at radius 2 is 1.95 bits per heavy atom. The van der Waals surface area contributed by atoms with Crippen molar-refractivity contribution in [2.75, 3.05) is 13.1 Å². The Kier molecular flexibility index (Phi) is 6.57. The molecule has 20 heavy (non-hydrogen) atoms. The molecule has 2 unspecified atom stereocenters. The second-order valence-corrected chi connectivity index (χ2v) is 4.81. The standard InChI is InChI=1S/C14H22N2O4/c15-9-5-1-2-7-12(17)20-13(18)11-6-3-4-8-14(11,19)10-16/h3-4,6,8,11,19H,1-2,5,7,9-10,15-16H2. The predicted octanol–water partition coefficient (Wildman–Crippen LogP) is 0.00730. The van der Waals surface area contributed by atoms with Crippen molar-refractivity contribution in [3.63, 3.8) is 0 Å². The lowest BCUT2D eigenvalue weighted by Crippen LogP contribution is -2.47. The molecule has 0 amide bonds. The van der Waals surface area contributed by atoms with E-state index in [1.165, 1.54) is 12.2 Å². The fourth-order valence-corrected chi connectivity index (χ4v) is 1.96. The summed E-state index contributed by atoms with van der Waals surface area (Å²) in [5, 5.41) is 10.2. The number of carbonyl (C=O) groups is 2. The van der Waals surface area contributed by atoms with Crippen LogP contribution < -0.4 is 11.5 Å². The normalized spacial score (nSPS) is 24.6. The van der Waals surface area contributed by atoms with Crippen LogP contribution in [0.4, 0.5) is 0 Å². The highest BCUT2D eigenvalue weighted by Crippen LogP contribution is 2.25. The van der Waals surface area contributed by atoms with Crippen LogP contribution in [0.1, 0.15) is 25.7 Å². The topological polar surface area (TPSA) is 116 Å². The minimum atomic E-state index is -1.49. The summed E-state index contributed by atoms with van der Waals surface area (Å²) in [7, 11) is 0. The van der Waals surface area contributed by atoms with E-state index in [2.05, 4.69) is 0 Å². The van der Waals surface area contributed by atoms with Crippen LogP contribution in [-0.4, -0.2) is 35.7 Å². The van der Waals surface area contributed by atoms with Gasteiger partial charge in [-0.2, -0.15) is 0 Å². The number of esters is 2. The van der Waals surface area contributed by atoms with Crippen LogP contribution in [0.25, 0.3) is 0 Å². The Hall–Kier alpha value is -1.50. The van der Waals surface area contributed by atoms with Gasteiger partial charge in [0.2, 0.25) is 0 Å². The quantitative estimate of drug-likeness (QED) is 0.344. The van der Waals surface area contributed by atoms with Crippen molar-refractivity contribution in [3.05, 3.63) is 24.3 Å². The number of nitrogens with two attached hydrogens (primary N) is 2. The maximum Gasteiger partial charge on any atom is 0.323 e. The summed E-state index contributed by atoms with van der Waals surface area (Å²) < 4.78 is 4.76. The molecule has 0 aliphatic heterocycles. The molecule has 0 spiro atoms. The smallest absolute Gasteiger partial charge is 0.323 e. The SMILES string of the molecule is NCCCCCC(=O)OC(=O)C1C=CC=CC1(O)CN. The third-order valence-electron chi connectivity index (χ3n) is 3.22. The minimum Gasteiger partial charge on any atom is -0.393 e. The molecule has 1 aliphatic rings. The summed E-state index contributed by atoms with van der Waals surface area (Å²) in [6, 6.07) is 0. The maximum atomic E-state index is 11.9. The van der Waals surface area contributed by atoms with Gasteiger partial charge in [0.05, 0.1) is 0 Å². The van der Waals surface area contributed by atoms with E-state index in [0.717, 1.165) is 12.8 Å². The van der Waals surface area contributed by atoms with Gasteiger partial charge in [0.25, 0.3) is 0 Å². The second-order valence-electron chi connectivity index (χ2n) is 4.81. The van der Waals surface area contributed by atoms with Gasteiger partial charge in [-0.1, -0.05) is 30.7 Å². The molecule has 5 N–H and O–H groups in total. The second kappa shape index (κ2) is 7.94. The van der Waals surface area contributed by atoms with Crippen LogP contribution in [0, 0.1) is 5.92 Å². The average Bonchev–Trinajstić information content (AvgIpc) is 2.44. The Morgan fingerprint density at radius 3 is 2.60 bits per heavy atom. The molecule has 0 radical (unpaired) electrons. The molecule has 1 aliphatic carbocycles. The molecule has 0 fully saturated rings. The number of unbranched alkanes of at least 4 members (excludes halogenated alkanes) is 2. The van der Waals surface area contributed by atoms with E-state index < -0.39 is 23.5 Å². The number of rotatable bonds is 7. The fraction of sp³-hybridized carbons (Fsp3) is 0.571. The highest BCUT2D eigenvalue weighted by atomic mass is 16.6. The Balaban J connectivity index is 2.47. The van der Waals surface area contributed by atoms with Crippen LogP contribution in [0.5, 0.6) is 0 Å². The van der Waals surface area contributed by atoms with Crippen molar-refractivity contribution in [1.82, 2.24) is 0 Å². The summed E-state index contributed by atoms with van der Waals surface area (Å²) in [6.45, 7) is 0.453. The molecule has 0 aromatic carbocycles. The Bertz CT molecular complexity index is 406. The van der Waals surface area contributed by atoms with Crippen LogP contribution >= 0.6 is 0 Å². The highest BCUT2D eigenvalue weighted by molar-refractivity contribution is 5.88. The van der Waals surface area contributed by atoms with Crippen molar-refractivity contribution >= 4 is 11.9 Å². The molecule has 0 bridgehead atoms. The zero-order valence-electron chi connectivity index (χ0n) is 11.5. The van der Waals surface area contributed by atoms with E-state index in [0.29, 0.717) is 13.0 Å². The van der Waals surface area contributed by atoms with E-state index in [-0.39, 0.29) is 13.0 Å². The van der Waals surface area contributed by atoms with Crippen LogP contribution in [0.15, 0.2) is 24.3 Å². The number of allylic oxidation sites excluding steroid dienone is 2. The summed E-state index contributed by atoms with van der Waals surface area (Å²) in [5.74, 6) is -2.32. The average molecular weight is 282 g/mol. The van der Waals surface area contributed by atoms with Gasteiger partial charge in [0, 0.05) is 13.0 Å². The zero-order valence-corrected chi connectivity index (χ0v) is 11.5. The van der Waals surface area contributed by atoms with E-state index in [1.807, 2.05) is 0 Å². The van der Waals surface area contributed by atoms with Gasteiger partial charge in [0.15, 0.2) is 0 Å². The number of hydrogen-bond donors (Lipinski definition) is 3. The van der Waals surface area contributed by atoms with Crippen molar-refractivity contribution in [2.24, 2.45) is 17.4 Å². The van der Waals surface area contributed by atoms with Gasteiger partial charge in [0.1, 0.15) is 11.5 Å². The maximum absolute atomic E-state index is 11.9. The Morgan fingerprint density at radius 1 is 1.20 bits per heavy atom. The first-order valence-electron chi connectivity index (χ1n) is 6.76. The Labute approximate surface area is 118 Å². The van der Waals surface area contributed by atoms with Crippen molar-refractivity contribution < 1.29 is 19.4 Å². The first kappa shape index (κ1) is 16.6. The summed E-state index contributed by atoms with van der Waals surface area (Å²) in [5.41, 5.74) is 9.32. The summed E-state index contributed by atoms with van der Waals surface area (Å²) in [6.07, 6.45) is 8.58. The van der Waals surface area contributed by atoms with Gasteiger partial charge in [-0.3, -0.25) is 9.59 Å². The molecule has 0 aromatic rings. The number of aliphatic hydroxyl groups is 1. The summed E-state index contributed by atoms with van der Waals surface area (Å²) in [4.78, 5) is 23.4. The lowest BCUT2D eigenvalue weighted by atomic mass is 9.84. The van der Waals surface area contributed by atoms with Crippen molar-refractivity contribution in [3.8, 4) is 0 Å². The molecule has 0 saturated carbocycles. The third-order valence-corrected chi connectivity index (χ3v) is 3.22. The first-order valence-corrected chi connectivity index (χ1v) is 6.76. The fourth-order valence-electron chi connectivity index (χ4n) is 1.96. The van der Waals surface area contributed by atoms with E-state index in [1.54, 1.807) is 12.2 Å². The van der Waals surface area contributed by atoms with Crippen molar-refractivity contribution in [2.45, 2.75) is 31.3 Å². The van der Waals surface area contributed by atoms with Crippen molar-refractivity contribution in [1.29, 1.82) is 0 Å². The number of hydrogen-bond acceptors (Lipinski definition) is 6. The van der Waals surface area contributed by atoms with Crippen LogP contribution in [0.2, 0.25) is 0 Å². The monoisotopic (exact) mass is 282 g/mol. The molecular weight excluding hydrogens is 260 g/mol. The van der Waals surface area contributed by atoms with E-state index in [9.17, 15) is 14.7 Å². The molecule has 1 rings (SSSR count). The van der Waals surface area contributed by atoms with Gasteiger partial charge >= 0.3 is 11.9 Å². The largest absolute Gasteiger partial charge is 0.393 e. The molecule has 2 atom stereocenters. The molecule has 6 nitrogen and oxygen atoms in total. The van der Waals surface area contributed by atoms with Gasteiger partial charge < -0.3 is 21.3 Å². The number of carbonyl (C=O) groups excluding carboxylic acids is 2. The molecular formula is C14H22N2O4. The molecule has 6 heteroatoms. The third kappa shape index (κ3) is 4.56. The van der Waals surface area contributed by atoms with E-state index in [4.69, 9.17) is 16.2 Å². The van der Waals surface area contributed by atoms with Gasteiger partial charge in [-0.05, 0) is 19.4 Å². The van der Waals surface area contributed by atoms with E-state index >= 15 is 0 Å².